The van der Waals surface area contributed by atoms with E-state index in [2.05, 4.69) is 15.9 Å². The fraction of sp³-hybridized carbons (Fsp3) is 0.278. The Labute approximate surface area is 154 Å². The Hall–Kier alpha value is -1.70. The number of benzene rings is 2. The van der Waals surface area contributed by atoms with Gasteiger partial charge in [0.1, 0.15) is 5.41 Å². The lowest BCUT2D eigenvalue weighted by Gasteiger charge is -2.10. The molecule has 3 N–H and O–H groups in total. The Morgan fingerprint density at radius 2 is 1.72 bits per heavy atom. The minimum absolute atomic E-state index is 0.127. The summed E-state index contributed by atoms with van der Waals surface area (Å²) in [5.74, 6) is -1.85. The molecule has 2 aromatic carbocycles. The number of carboxylic acids is 1. The molecule has 25 heavy (non-hydrogen) atoms. The first kappa shape index (κ1) is 18.1. The standard InChI is InChI=1S/C18H18BrNO4S/c1-11-2-8-14(9-3-11)25(23,24)16-15(18(16,10-20)17(21)22)12-4-6-13(19)7-5-12/h2-9,15-16H,10,20H2,1H3,(H,21,22)/t15-,16+,18-/m0/s1. The topological polar surface area (TPSA) is 97.5 Å². The van der Waals surface area contributed by atoms with E-state index in [1.54, 1.807) is 36.4 Å². The first-order valence-corrected chi connectivity index (χ1v) is 10.1. The molecular weight excluding hydrogens is 406 g/mol. The van der Waals surface area contributed by atoms with Gasteiger partial charge < -0.3 is 10.8 Å². The van der Waals surface area contributed by atoms with Crippen LogP contribution in [0.4, 0.5) is 0 Å². The molecule has 2 aromatic rings. The fourth-order valence-electron chi connectivity index (χ4n) is 3.46. The van der Waals surface area contributed by atoms with Crippen LogP contribution < -0.4 is 5.73 Å². The molecule has 5 nitrogen and oxygen atoms in total. The van der Waals surface area contributed by atoms with Gasteiger partial charge in [0.05, 0.1) is 10.1 Å². The summed E-state index contributed by atoms with van der Waals surface area (Å²) in [7, 11) is -3.83. The molecule has 0 aliphatic heterocycles. The van der Waals surface area contributed by atoms with Gasteiger partial charge in [-0.3, -0.25) is 4.79 Å². The van der Waals surface area contributed by atoms with Gasteiger partial charge in [-0.05, 0) is 36.8 Å². The van der Waals surface area contributed by atoms with Crippen LogP contribution in [0.15, 0.2) is 57.9 Å². The second-order valence-electron chi connectivity index (χ2n) is 6.36. The number of rotatable bonds is 5. The van der Waals surface area contributed by atoms with Gasteiger partial charge in [-0.1, -0.05) is 45.8 Å². The second kappa shape index (κ2) is 6.23. The van der Waals surface area contributed by atoms with Gasteiger partial charge in [-0.25, -0.2) is 8.42 Å². The number of carbonyl (C=O) groups is 1. The highest BCUT2D eigenvalue weighted by atomic mass is 79.9. The minimum atomic E-state index is -3.83. The summed E-state index contributed by atoms with van der Waals surface area (Å²) in [6, 6.07) is 13.5. The molecule has 1 aliphatic carbocycles. The van der Waals surface area contributed by atoms with Crippen molar-refractivity contribution < 1.29 is 18.3 Å². The normalized spacial score (nSPS) is 25.6. The van der Waals surface area contributed by atoms with E-state index < -0.39 is 32.4 Å². The molecule has 1 fully saturated rings. The molecule has 0 radical (unpaired) electrons. The van der Waals surface area contributed by atoms with Crippen LogP contribution in [0, 0.1) is 12.3 Å². The summed E-state index contributed by atoms with van der Waals surface area (Å²) in [5.41, 5.74) is 5.86. The highest BCUT2D eigenvalue weighted by Gasteiger charge is 2.75. The third kappa shape index (κ3) is 2.80. The van der Waals surface area contributed by atoms with E-state index in [0.29, 0.717) is 5.56 Å². The molecule has 0 spiro atoms. The van der Waals surface area contributed by atoms with Gasteiger partial charge in [-0.2, -0.15) is 0 Å². The van der Waals surface area contributed by atoms with Crippen LogP contribution >= 0.6 is 15.9 Å². The Kier molecular flexibility index (Phi) is 4.51. The predicted molar refractivity (Wildman–Crippen MR) is 98.2 cm³/mol. The molecule has 1 aliphatic rings. The number of nitrogens with two attached hydrogens (primary N) is 1. The maximum Gasteiger partial charge on any atom is 0.312 e. The van der Waals surface area contributed by atoms with Crippen LogP contribution in [0.1, 0.15) is 17.0 Å². The maximum atomic E-state index is 13.1. The van der Waals surface area contributed by atoms with Crippen molar-refractivity contribution in [2.45, 2.75) is 23.0 Å². The Bertz CT molecular complexity index is 909. The monoisotopic (exact) mass is 423 g/mol. The molecular formula is C18H18BrNO4S. The molecule has 0 saturated heterocycles. The van der Waals surface area contributed by atoms with Gasteiger partial charge in [-0.15, -0.1) is 0 Å². The predicted octanol–water partition coefficient (Wildman–Crippen LogP) is 2.73. The van der Waals surface area contributed by atoms with Crippen LogP contribution in [-0.2, 0) is 14.6 Å². The third-order valence-corrected chi connectivity index (χ3v) is 7.72. The summed E-state index contributed by atoms with van der Waals surface area (Å²) >= 11 is 3.33. The molecule has 3 rings (SSSR count). The molecule has 132 valence electrons. The summed E-state index contributed by atoms with van der Waals surface area (Å²) in [5, 5.41) is 8.68. The highest BCUT2D eigenvalue weighted by Crippen LogP contribution is 2.63. The average molecular weight is 424 g/mol. The van der Waals surface area contributed by atoms with E-state index in [-0.39, 0.29) is 11.4 Å². The van der Waals surface area contributed by atoms with Gasteiger partial charge in [0.2, 0.25) is 0 Å². The van der Waals surface area contributed by atoms with Crippen molar-refractivity contribution in [3.63, 3.8) is 0 Å². The lowest BCUT2D eigenvalue weighted by molar-refractivity contribution is -0.143. The Morgan fingerprint density at radius 3 is 2.20 bits per heavy atom. The molecule has 1 saturated carbocycles. The summed E-state index contributed by atoms with van der Waals surface area (Å²) < 4.78 is 27.1. The number of sulfone groups is 1. The number of carboxylic acid groups (broad SMARTS) is 1. The lowest BCUT2D eigenvalue weighted by atomic mass is 9.99. The highest BCUT2D eigenvalue weighted by molar-refractivity contribution is 9.10. The van der Waals surface area contributed by atoms with Crippen LogP contribution in [-0.4, -0.2) is 31.3 Å². The Morgan fingerprint density at radius 1 is 1.16 bits per heavy atom. The SMILES string of the molecule is Cc1ccc(S(=O)(=O)[C@@H]2[C@H](c3ccc(Br)cc3)[C@]2(CN)C(=O)O)cc1. The van der Waals surface area contributed by atoms with Crippen molar-refractivity contribution in [2.75, 3.05) is 6.54 Å². The minimum Gasteiger partial charge on any atom is -0.481 e. The largest absolute Gasteiger partial charge is 0.481 e. The smallest absolute Gasteiger partial charge is 0.312 e. The van der Waals surface area contributed by atoms with Gasteiger partial charge in [0.25, 0.3) is 0 Å². The summed E-state index contributed by atoms with van der Waals surface area (Å²) in [4.78, 5) is 12.1. The zero-order chi connectivity index (χ0) is 18.4. The van der Waals surface area contributed by atoms with Crippen molar-refractivity contribution in [1.82, 2.24) is 0 Å². The number of halogens is 1. The molecule has 0 aromatic heterocycles. The number of hydrogen-bond acceptors (Lipinski definition) is 4. The Balaban J connectivity index is 2.10. The van der Waals surface area contributed by atoms with E-state index in [4.69, 9.17) is 5.73 Å². The molecule has 7 heteroatoms. The van der Waals surface area contributed by atoms with E-state index in [1.165, 1.54) is 12.1 Å². The zero-order valence-corrected chi connectivity index (χ0v) is 15.9. The third-order valence-electron chi connectivity index (χ3n) is 4.91. The first-order chi connectivity index (χ1) is 11.7. The second-order valence-corrected chi connectivity index (χ2v) is 9.34. The van der Waals surface area contributed by atoms with Gasteiger partial charge in [0, 0.05) is 16.9 Å². The van der Waals surface area contributed by atoms with Crippen molar-refractivity contribution in [3.8, 4) is 0 Å². The fourth-order valence-corrected chi connectivity index (χ4v) is 6.11. The molecule has 0 amide bonds. The molecule has 0 unspecified atom stereocenters. The van der Waals surface area contributed by atoms with Gasteiger partial charge >= 0.3 is 5.97 Å². The number of aliphatic carboxylic acids is 1. The van der Waals surface area contributed by atoms with E-state index in [0.717, 1.165) is 10.0 Å². The van der Waals surface area contributed by atoms with Crippen LogP contribution in [0.25, 0.3) is 0 Å². The van der Waals surface area contributed by atoms with E-state index in [1.807, 2.05) is 6.92 Å². The quantitative estimate of drug-likeness (QED) is 0.770. The van der Waals surface area contributed by atoms with E-state index in [9.17, 15) is 18.3 Å². The van der Waals surface area contributed by atoms with Crippen LogP contribution in [0.2, 0.25) is 0 Å². The van der Waals surface area contributed by atoms with Crippen molar-refractivity contribution in [2.24, 2.45) is 11.1 Å². The van der Waals surface area contributed by atoms with Crippen LogP contribution in [0.5, 0.6) is 0 Å². The zero-order valence-electron chi connectivity index (χ0n) is 13.5. The van der Waals surface area contributed by atoms with E-state index >= 15 is 0 Å². The van der Waals surface area contributed by atoms with Crippen molar-refractivity contribution >= 4 is 31.7 Å². The lowest BCUT2D eigenvalue weighted by Crippen LogP contribution is -2.31. The number of aryl methyl sites for hydroxylation is 1. The molecule has 3 atom stereocenters. The summed E-state index contributed by atoms with van der Waals surface area (Å²) in [6.45, 7) is 1.62. The first-order valence-electron chi connectivity index (χ1n) is 7.74. The van der Waals surface area contributed by atoms with Crippen molar-refractivity contribution in [1.29, 1.82) is 0 Å². The number of hydrogen-bond donors (Lipinski definition) is 2. The molecule has 0 bridgehead atoms. The van der Waals surface area contributed by atoms with Crippen LogP contribution in [0.3, 0.4) is 0 Å². The van der Waals surface area contributed by atoms with Gasteiger partial charge in [0.15, 0.2) is 9.84 Å². The molecule has 0 heterocycles. The van der Waals surface area contributed by atoms with Crippen molar-refractivity contribution in [3.05, 3.63) is 64.1 Å². The summed E-state index contributed by atoms with van der Waals surface area (Å²) in [6.07, 6.45) is 0. The maximum absolute atomic E-state index is 13.1. The average Bonchev–Trinajstić information content (AvgIpc) is 3.27.